The van der Waals surface area contributed by atoms with Crippen LogP contribution in [0.4, 0.5) is 22.9 Å². The fraction of sp³-hybridized carbons (Fsp3) is 0.214. The fourth-order valence-corrected chi connectivity index (χ4v) is 4.15. The Labute approximate surface area is 242 Å². The Balaban J connectivity index is 1.61. The predicted molar refractivity (Wildman–Crippen MR) is 160 cm³/mol. The number of carbonyl (C=O) groups is 3. The van der Waals surface area contributed by atoms with E-state index in [1.165, 1.54) is 30.2 Å². The normalized spacial score (nSPS) is 10.7. The Hall–Kier alpha value is -4.28. The second kappa shape index (κ2) is 14.2. The first-order valence-corrected chi connectivity index (χ1v) is 13.0. The molecule has 1 heterocycles. The van der Waals surface area contributed by atoms with Crippen LogP contribution < -0.4 is 31.3 Å². The minimum atomic E-state index is -0.471. The predicted octanol–water partition coefficient (Wildman–Crippen LogP) is 4.73. The summed E-state index contributed by atoms with van der Waals surface area (Å²) in [6.45, 7) is 3.81. The van der Waals surface area contributed by atoms with Gasteiger partial charge in [0.25, 0.3) is 0 Å². The van der Waals surface area contributed by atoms with E-state index in [9.17, 15) is 14.4 Å². The number of likely N-dealkylation sites (N-methyl/N-ethyl adjacent to an activating group) is 1. The van der Waals surface area contributed by atoms with Crippen molar-refractivity contribution >= 4 is 69.9 Å². The number of pyridine rings is 1. The van der Waals surface area contributed by atoms with Crippen LogP contribution in [0.1, 0.15) is 25.0 Å². The third-order valence-electron chi connectivity index (χ3n) is 5.64. The van der Waals surface area contributed by atoms with Crippen LogP contribution in [0.5, 0.6) is 5.75 Å². The standard InChI is InChI=1S/C28H30Cl2N6O4/c1-4-32-21-6-5-7-23(28(21)31)40-16-19-20(29)10-11-22(27(19)30)36(3)26(39)15-34-25(38)13-9-18-8-12-24(33-14-18)35-17(2)37/h5-14,32H,4,15-16,31H2,1-3H3,(H,34,38)(H,33,35,37). The highest BCUT2D eigenvalue weighted by Gasteiger charge is 2.19. The molecule has 0 aliphatic rings. The van der Waals surface area contributed by atoms with Crippen molar-refractivity contribution in [2.45, 2.75) is 20.5 Å². The molecule has 3 amide bonds. The molecule has 1 aromatic heterocycles. The van der Waals surface area contributed by atoms with Crippen LogP contribution in [0.3, 0.4) is 0 Å². The van der Waals surface area contributed by atoms with Gasteiger partial charge in [-0.15, -0.1) is 0 Å². The van der Waals surface area contributed by atoms with Gasteiger partial charge in [-0.05, 0) is 55.0 Å². The van der Waals surface area contributed by atoms with Crippen molar-refractivity contribution in [1.29, 1.82) is 0 Å². The van der Waals surface area contributed by atoms with Crippen LogP contribution in [0.2, 0.25) is 10.0 Å². The molecular weight excluding hydrogens is 555 g/mol. The first-order chi connectivity index (χ1) is 19.1. The van der Waals surface area contributed by atoms with Gasteiger partial charge in [-0.3, -0.25) is 14.4 Å². The molecule has 0 spiro atoms. The van der Waals surface area contributed by atoms with E-state index in [1.54, 1.807) is 37.4 Å². The molecule has 3 rings (SSSR count). The van der Waals surface area contributed by atoms with Gasteiger partial charge in [0.2, 0.25) is 17.7 Å². The monoisotopic (exact) mass is 584 g/mol. The number of aromatic nitrogens is 1. The number of para-hydroxylation sites is 1. The third-order valence-corrected chi connectivity index (χ3v) is 6.41. The summed E-state index contributed by atoms with van der Waals surface area (Å²) in [5.74, 6) is -0.232. The second-order valence-electron chi connectivity index (χ2n) is 8.56. The van der Waals surface area contributed by atoms with Crippen molar-refractivity contribution in [1.82, 2.24) is 10.3 Å². The summed E-state index contributed by atoms with van der Waals surface area (Å²) in [7, 11) is 1.55. The number of anilines is 4. The maximum atomic E-state index is 12.8. The van der Waals surface area contributed by atoms with Gasteiger partial charge in [0.1, 0.15) is 18.2 Å². The van der Waals surface area contributed by atoms with Crippen molar-refractivity contribution in [3.63, 3.8) is 0 Å². The third kappa shape index (κ3) is 8.11. The van der Waals surface area contributed by atoms with Crippen LogP contribution in [-0.2, 0) is 21.0 Å². The molecule has 0 saturated heterocycles. The number of carbonyl (C=O) groups excluding carboxylic acids is 3. The summed E-state index contributed by atoms with van der Waals surface area (Å²) < 4.78 is 5.91. The van der Waals surface area contributed by atoms with E-state index in [-0.39, 0.29) is 24.1 Å². The number of nitrogens with zero attached hydrogens (tertiary/aromatic N) is 2. The maximum Gasteiger partial charge on any atom is 0.246 e. The number of nitrogens with one attached hydrogen (secondary N) is 3. The number of rotatable bonds is 11. The summed E-state index contributed by atoms with van der Waals surface area (Å²) in [5.41, 5.74) is 8.95. The number of benzene rings is 2. The Bertz CT molecular complexity index is 1410. The Morgan fingerprint density at radius 1 is 1.12 bits per heavy atom. The summed E-state index contributed by atoms with van der Waals surface area (Å²) in [6, 6.07) is 12.0. The average molecular weight is 585 g/mol. The number of nitrogen functional groups attached to an aromatic ring is 1. The van der Waals surface area contributed by atoms with E-state index >= 15 is 0 Å². The van der Waals surface area contributed by atoms with Crippen LogP contribution in [0.15, 0.2) is 54.7 Å². The quantitative estimate of drug-likeness (QED) is 0.189. The van der Waals surface area contributed by atoms with Crippen LogP contribution in [-0.4, -0.2) is 42.8 Å². The van der Waals surface area contributed by atoms with Gasteiger partial charge in [0, 0.05) is 43.4 Å². The van der Waals surface area contributed by atoms with E-state index in [0.717, 1.165) is 5.69 Å². The lowest BCUT2D eigenvalue weighted by molar-refractivity contribution is -0.122. The molecule has 40 heavy (non-hydrogen) atoms. The molecule has 10 nitrogen and oxygen atoms in total. The number of nitrogens with two attached hydrogens (primary N) is 1. The van der Waals surface area contributed by atoms with Crippen molar-refractivity contribution in [2.24, 2.45) is 0 Å². The minimum Gasteiger partial charge on any atom is -0.487 e. The summed E-state index contributed by atoms with van der Waals surface area (Å²) in [6.07, 6.45) is 4.33. The molecular formula is C28H30Cl2N6O4. The number of ether oxygens (including phenoxy) is 1. The first kappa shape index (κ1) is 30.3. The van der Waals surface area contributed by atoms with E-state index in [1.807, 2.05) is 19.1 Å². The molecule has 0 fully saturated rings. The van der Waals surface area contributed by atoms with Gasteiger partial charge in [0.15, 0.2) is 0 Å². The molecule has 0 atom stereocenters. The fourth-order valence-electron chi connectivity index (χ4n) is 3.55. The van der Waals surface area contributed by atoms with E-state index in [2.05, 4.69) is 20.9 Å². The van der Waals surface area contributed by atoms with E-state index in [0.29, 0.717) is 45.6 Å². The molecule has 3 aromatic rings. The summed E-state index contributed by atoms with van der Waals surface area (Å²) >= 11 is 13.0. The lowest BCUT2D eigenvalue weighted by atomic mass is 10.2. The molecule has 0 saturated carbocycles. The van der Waals surface area contributed by atoms with Crippen molar-refractivity contribution < 1.29 is 19.1 Å². The SMILES string of the molecule is CCNc1cccc(OCc2c(Cl)ccc(N(C)C(=O)CNC(=O)C=Cc3ccc(NC(C)=O)nc3)c2Cl)c1N. The molecule has 12 heteroatoms. The number of halogens is 2. The van der Waals surface area contributed by atoms with Gasteiger partial charge >= 0.3 is 0 Å². The minimum absolute atomic E-state index is 0.0233. The number of amides is 3. The zero-order valence-electron chi connectivity index (χ0n) is 22.3. The highest BCUT2D eigenvalue weighted by atomic mass is 35.5. The topological polar surface area (TPSA) is 139 Å². The molecule has 0 bridgehead atoms. The first-order valence-electron chi connectivity index (χ1n) is 12.3. The van der Waals surface area contributed by atoms with Gasteiger partial charge < -0.3 is 31.3 Å². The highest BCUT2D eigenvalue weighted by molar-refractivity contribution is 6.38. The molecule has 210 valence electrons. The highest BCUT2D eigenvalue weighted by Crippen LogP contribution is 2.36. The summed E-state index contributed by atoms with van der Waals surface area (Å²) in [4.78, 5) is 41.6. The van der Waals surface area contributed by atoms with E-state index in [4.69, 9.17) is 33.7 Å². The molecule has 0 radical (unpaired) electrons. The number of hydrogen-bond acceptors (Lipinski definition) is 7. The average Bonchev–Trinajstić information content (AvgIpc) is 2.92. The lowest BCUT2D eigenvalue weighted by Gasteiger charge is -2.21. The Morgan fingerprint density at radius 2 is 1.90 bits per heavy atom. The van der Waals surface area contributed by atoms with Crippen LogP contribution >= 0.6 is 23.2 Å². The zero-order valence-corrected chi connectivity index (χ0v) is 23.8. The smallest absolute Gasteiger partial charge is 0.246 e. The molecule has 5 N–H and O–H groups in total. The van der Waals surface area contributed by atoms with Crippen molar-refractivity contribution in [3.05, 3.63) is 75.9 Å². The van der Waals surface area contributed by atoms with Crippen molar-refractivity contribution in [2.75, 3.05) is 41.4 Å². The Morgan fingerprint density at radius 3 is 2.58 bits per heavy atom. The van der Waals surface area contributed by atoms with Gasteiger partial charge in [-0.2, -0.15) is 0 Å². The summed E-state index contributed by atoms with van der Waals surface area (Å²) in [5, 5.41) is 8.88. The van der Waals surface area contributed by atoms with Gasteiger partial charge in [-0.1, -0.05) is 29.3 Å². The van der Waals surface area contributed by atoms with E-state index < -0.39 is 11.8 Å². The van der Waals surface area contributed by atoms with Gasteiger partial charge in [0.05, 0.1) is 28.6 Å². The molecule has 0 aliphatic heterocycles. The number of hydrogen-bond donors (Lipinski definition) is 4. The van der Waals surface area contributed by atoms with Crippen molar-refractivity contribution in [3.8, 4) is 5.75 Å². The van der Waals surface area contributed by atoms with Crippen LogP contribution in [0, 0.1) is 0 Å². The van der Waals surface area contributed by atoms with Gasteiger partial charge in [-0.25, -0.2) is 4.98 Å². The van der Waals surface area contributed by atoms with Crippen LogP contribution in [0.25, 0.3) is 6.08 Å². The maximum absolute atomic E-state index is 12.8. The largest absolute Gasteiger partial charge is 0.487 e. The Kier molecular flexibility index (Phi) is 10.7. The molecule has 2 aromatic carbocycles. The lowest BCUT2D eigenvalue weighted by Crippen LogP contribution is -2.37. The molecule has 0 aliphatic carbocycles. The second-order valence-corrected chi connectivity index (χ2v) is 9.34. The zero-order chi connectivity index (χ0) is 29.2. The molecule has 0 unspecified atom stereocenters.